The molecule has 1 aliphatic heterocycles. The van der Waals surface area contributed by atoms with E-state index in [1.807, 2.05) is 23.5 Å². The lowest BCUT2D eigenvalue weighted by Crippen LogP contribution is -2.34. The zero-order valence-corrected chi connectivity index (χ0v) is 15.0. The summed E-state index contributed by atoms with van der Waals surface area (Å²) in [5.74, 6) is 4.35. The van der Waals surface area contributed by atoms with E-state index >= 15 is 0 Å². The Morgan fingerprint density at radius 1 is 1.29 bits per heavy atom. The minimum atomic E-state index is -3.53. The molecule has 1 aromatic rings. The van der Waals surface area contributed by atoms with Crippen LogP contribution < -0.4 is 10.0 Å². The largest absolute Gasteiger partial charge is 0.465 e. The first-order chi connectivity index (χ1) is 9.95. The monoisotopic (exact) mass is 350 g/mol. The number of furan rings is 1. The van der Waals surface area contributed by atoms with E-state index in [-0.39, 0.29) is 0 Å². The Morgan fingerprint density at radius 2 is 2.05 bits per heavy atom. The maximum Gasteiger partial charge on any atom is 0.244 e. The Balaban J connectivity index is 2.15. The molecule has 2 rings (SSSR count). The van der Waals surface area contributed by atoms with Gasteiger partial charge in [-0.05, 0) is 20.9 Å². The van der Waals surface area contributed by atoms with E-state index < -0.39 is 10.0 Å². The maximum absolute atomic E-state index is 12.6. The lowest BCUT2D eigenvalue weighted by Gasteiger charge is -2.21. The molecule has 0 amide bonds. The van der Waals surface area contributed by atoms with Crippen LogP contribution in [0.25, 0.3) is 0 Å². The molecule has 0 radical (unpaired) electrons. The predicted octanol–water partition coefficient (Wildman–Crippen LogP) is 1.74. The van der Waals surface area contributed by atoms with Gasteiger partial charge in [-0.25, -0.2) is 13.1 Å². The summed E-state index contributed by atoms with van der Waals surface area (Å²) in [5.41, 5.74) is 0.716. The van der Waals surface area contributed by atoms with E-state index in [1.165, 1.54) is 0 Å². The van der Waals surface area contributed by atoms with Crippen LogP contribution in [0.2, 0.25) is 0 Å². The summed E-state index contributed by atoms with van der Waals surface area (Å²) in [4.78, 5) is 0.294. The van der Waals surface area contributed by atoms with Gasteiger partial charge in [-0.1, -0.05) is 0 Å². The van der Waals surface area contributed by atoms with Crippen molar-refractivity contribution in [1.82, 2.24) is 10.0 Å². The smallest absolute Gasteiger partial charge is 0.244 e. The Morgan fingerprint density at radius 3 is 2.67 bits per heavy atom. The Labute approximate surface area is 135 Å². The fourth-order valence-electron chi connectivity index (χ4n) is 2.37. The van der Waals surface area contributed by atoms with Crippen molar-refractivity contribution in [2.75, 3.05) is 30.9 Å². The molecule has 8 heteroatoms. The zero-order valence-electron chi connectivity index (χ0n) is 12.6. The van der Waals surface area contributed by atoms with Gasteiger partial charge in [0, 0.05) is 41.2 Å². The van der Waals surface area contributed by atoms with Crippen molar-refractivity contribution in [3.8, 4) is 0 Å². The molecule has 1 unspecified atom stereocenters. The van der Waals surface area contributed by atoms with E-state index in [0.717, 1.165) is 17.3 Å². The lowest BCUT2D eigenvalue weighted by atomic mass is 10.2. The molecule has 1 saturated heterocycles. The number of aryl methyl sites for hydroxylation is 2. The van der Waals surface area contributed by atoms with Gasteiger partial charge in [-0.15, -0.1) is 0 Å². The van der Waals surface area contributed by atoms with Gasteiger partial charge in [-0.3, -0.25) is 0 Å². The molecule has 1 aliphatic rings. The molecule has 1 fully saturated rings. The van der Waals surface area contributed by atoms with Crippen LogP contribution >= 0.6 is 23.5 Å². The second kappa shape index (κ2) is 7.41. The molecule has 2 N–H and O–H groups in total. The van der Waals surface area contributed by atoms with Crippen molar-refractivity contribution in [2.24, 2.45) is 0 Å². The quantitative estimate of drug-likeness (QED) is 0.814. The first-order valence-corrected chi connectivity index (χ1v) is 10.6. The van der Waals surface area contributed by atoms with Gasteiger partial charge in [0.25, 0.3) is 0 Å². The minimum absolute atomic E-state index is 0.294. The molecule has 1 atom stereocenters. The first kappa shape index (κ1) is 17.2. The highest BCUT2D eigenvalue weighted by Crippen LogP contribution is 2.27. The lowest BCUT2D eigenvalue weighted by molar-refractivity contribution is 0.493. The third kappa shape index (κ3) is 4.19. The number of hydrogen-bond acceptors (Lipinski definition) is 6. The highest BCUT2D eigenvalue weighted by molar-refractivity contribution is 8.06. The molecule has 21 heavy (non-hydrogen) atoms. The number of hydrogen-bond donors (Lipinski definition) is 2. The normalized spacial score (nSPS) is 19.9. The second-order valence-corrected chi connectivity index (χ2v) is 9.23. The van der Waals surface area contributed by atoms with Crippen LogP contribution in [0.1, 0.15) is 17.1 Å². The SMILES string of the molecule is CNCc1c(C)oc(C)c1S(=O)(=O)NCC1CSCCS1. The van der Waals surface area contributed by atoms with Crippen LogP contribution in [0, 0.1) is 13.8 Å². The second-order valence-electron chi connectivity index (χ2n) is 4.97. The van der Waals surface area contributed by atoms with E-state index in [0.29, 0.717) is 40.3 Å². The molecule has 120 valence electrons. The molecular weight excluding hydrogens is 328 g/mol. The van der Waals surface area contributed by atoms with Gasteiger partial charge in [0.1, 0.15) is 16.4 Å². The van der Waals surface area contributed by atoms with Crippen LogP contribution in [0.3, 0.4) is 0 Å². The van der Waals surface area contributed by atoms with Gasteiger partial charge >= 0.3 is 0 Å². The molecule has 1 aromatic heterocycles. The summed E-state index contributed by atoms with van der Waals surface area (Å²) in [6.07, 6.45) is 0. The average molecular weight is 351 g/mol. The number of rotatable bonds is 6. The highest BCUT2D eigenvalue weighted by atomic mass is 32.2. The molecule has 2 heterocycles. The number of thioether (sulfide) groups is 2. The summed E-state index contributed by atoms with van der Waals surface area (Å²) in [5, 5.41) is 3.34. The summed E-state index contributed by atoms with van der Waals surface area (Å²) in [6, 6.07) is 0. The Kier molecular flexibility index (Phi) is 6.07. The predicted molar refractivity (Wildman–Crippen MR) is 89.7 cm³/mol. The van der Waals surface area contributed by atoms with Crippen molar-refractivity contribution in [3.05, 3.63) is 17.1 Å². The fraction of sp³-hybridized carbons (Fsp3) is 0.692. The summed E-state index contributed by atoms with van der Waals surface area (Å²) in [7, 11) is -1.74. The number of nitrogens with one attached hydrogen (secondary N) is 2. The topological polar surface area (TPSA) is 71.3 Å². The number of sulfonamides is 1. The van der Waals surface area contributed by atoms with Crippen molar-refractivity contribution in [2.45, 2.75) is 30.5 Å². The van der Waals surface area contributed by atoms with E-state index in [1.54, 1.807) is 20.9 Å². The van der Waals surface area contributed by atoms with Crippen molar-refractivity contribution in [3.63, 3.8) is 0 Å². The van der Waals surface area contributed by atoms with E-state index in [9.17, 15) is 8.42 Å². The zero-order chi connectivity index (χ0) is 15.5. The van der Waals surface area contributed by atoms with Crippen LogP contribution in [0.5, 0.6) is 0 Å². The molecule has 5 nitrogen and oxygen atoms in total. The first-order valence-electron chi connectivity index (χ1n) is 6.88. The summed E-state index contributed by atoms with van der Waals surface area (Å²) in [6.45, 7) is 4.45. The summed E-state index contributed by atoms with van der Waals surface area (Å²) < 4.78 is 33.4. The maximum atomic E-state index is 12.6. The highest BCUT2D eigenvalue weighted by Gasteiger charge is 2.27. The standard InChI is InChI=1S/C13H22N2O3S3/c1-9-12(7-14-3)13(10(2)18-9)21(16,17)15-6-11-8-19-4-5-20-11/h11,14-15H,4-8H2,1-3H3. The molecular formula is C13H22N2O3S3. The molecule has 0 bridgehead atoms. The minimum Gasteiger partial charge on any atom is -0.465 e. The van der Waals surface area contributed by atoms with Gasteiger partial charge in [0.2, 0.25) is 10.0 Å². The third-order valence-corrected chi connectivity index (χ3v) is 7.80. The molecule has 0 spiro atoms. The van der Waals surface area contributed by atoms with Crippen molar-refractivity contribution < 1.29 is 12.8 Å². The Bertz CT molecular complexity index is 578. The van der Waals surface area contributed by atoms with Gasteiger partial charge < -0.3 is 9.73 Å². The van der Waals surface area contributed by atoms with E-state index in [4.69, 9.17) is 4.42 Å². The van der Waals surface area contributed by atoms with E-state index in [2.05, 4.69) is 10.0 Å². The van der Waals surface area contributed by atoms with Crippen LogP contribution in [0.4, 0.5) is 0 Å². The molecule has 0 aliphatic carbocycles. The van der Waals surface area contributed by atoms with Crippen molar-refractivity contribution in [1.29, 1.82) is 0 Å². The summed E-state index contributed by atoms with van der Waals surface area (Å²) >= 11 is 3.72. The molecule has 0 aromatic carbocycles. The van der Waals surface area contributed by atoms with Crippen LogP contribution in [-0.2, 0) is 16.6 Å². The van der Waals surface area contributed by atoms with Gasteiger partial charge in [0.05, 0.1) is 0 Å². The van der Waals surface area contributed by atoms with Crippen LogP contribution in [-0.4, -0.2) is 44.5 Å². The average Bonchev–Trinajstić information content (AvgIpc) is 2.73. The third-order valence-electron chi connectivity index (χ3n) is 3.33. The van der Waals surface area contributed by atoms with Gasteiger partial charge in [0.15, 0.2) is 0 Å². The van der Waals surface area contributed by atoms with Gasteiger partial charge in [-0.2, -0.15) is 23.5 Å². The fourth-order valence-corrected chi connectivity index (χ4v) is 6.61. The Hall–Kier alpha value is -0.150. The van der Waals surface area contributed by atoms with Crippen molar-refractivity contribution >= 4 is 33.5 Å². The van der Waals surface area contributed by atoms with Crippen LogP contribution in [0.15, 0.2) is 9.31 Å². The molecule has 0 saturated carbocycles.